The molecule has 0 heterocycles. The van der Waals surface area contributed by atoms with Gasteiger partial charge in [-0.2, -0.15) is 0 Å². The Hall–Kier alpha value is -0.800. The average molecular weight is 286 g/mol. The topological polar surface area (TPSA) is 21.3 Å². The highest BCUT2D eigenvalue weighted by Crippen LogP contribution is 2.47. The summed E-state index contributed by atoms with van der Waals surface area (Å²) >= 11 is 5.80. The molecule has 2 rings (SSSR count). The maximum absolute atomic E-state index is 13.1. The van der Waals surface area contributed by atoms with Crippen LogP contribution in [-0.2, 0) is 4.74 Å². The van der Waals surface area contributed by atoms with Crippen LogP contribution in [0.3, 0.4) is 0 Å². The quantitative estimate of drug-likeness (QED) is 0.861. The summed E-state index contributed by atoms with van der Waals surface area (Å²) in [4.78, 5) is 0. The summed E-state index contributed by atoms with van der Waals surface area (Å²) in [5.41, 5.74) is 0.989. The molecule has 1 aliphatic carbocycles. The van der Waals surface area contributed by atoms with Crippen LogP contribution in [0, 0.1) is 11.2 Å². The van der Waals surface area contributed by atoms with Crippen molar-refractivity contribution < 1.29 is 9.13 Å². The van der Waals surface area contributed by atoms with Gasteiger partial charge in [-0.25, -0.2) is 4.39 Å². The maximum atomic E-state index is 13.1. The zero-order valence-corrected chi connectivity index (χ0v) is 12.4. The van der Waals surface area contributed by atoms with E-state index in [0.717, 1.165) is 25.1 Å². The number of ether oxygens (including phenoxy) is 1. The summed E-state index contributed by atoms with van der Waals surface area (Å²) in [5, 5.41) is 3.60. The summed E-state index contributed by atoms with van der Waals surface area (Å²) in [6.07, 6.45) is 2.33. The molecule has 0 saturated heterocycles. The van der Waals surface area contributed by atoms with Gasteiger partial charge >= 0.3 is 0 Å². The molecule has 1 aromatic carbocycles. The molecule has 19 heavy (non-hydrogen) atoms. The summed E-state index contributed by atoms with van der Waals surface area (Å²) < 4.78 is 18.9. The molecule has 3 unspecified atom stereocenters. The van der Waals surface area contributed by atoms with Crippen molar-refractivity contribution in [3.05, 3.63) is 29.0 Å². The molecule has 1 saturated carbocycles. The van der Waals surface area contributed by atoms with Crippen LogP contribution in [0.2, 0.25) is 5.02 Å². The van der Waals surface area contributed by atoms with Gasteiger partial charge in [0.05, 0.1) is 11.1 Å². The second-order valence-corrected chi connectivity index (χ2v) is 5.77. The average Bonchev–Trinajstić information content (AvgIpc) is 2.40. The highest BCUT2D eigenvalue weighted by Gasteiger charge is 2.51. The lowest BCUT2D eigenvalue weighted by Gasteiger charge is -2.54. The Morgan fingerprint density at radius 1 is 1.47 bits per heavy atom. The van der Waals surface area contributed by atoms with Crippen LogP contribution in [0.1, 0.15) is 33.6 Å². The summed E-state index contributed by atoms with van der Waals surface area (Å²) in [7, 11) is 0. The highest BCUT2D eigenvalue weighted by molar-refractivity contribution is 6.31. The van der Waals surface area contributed by atoms with Gasteiger partial charge in [0.1, 0.15) is 5.82 Å². The van der Waals surface area contributed by atoms with Crippen molar-refractivity contribution >= 4 is 17.3 Å². The third-order valence-corrected chi connectivity index (χ3v) is 4.66. The van der Waals surface area contributed by atoms with Gasteiger partial charge in [-0.1, -0.05) is 25.4 Å². The van der Waals surface area contributed by atoms with E-state index in [0.29, 0.717) is 12.1 Å². The fraction of sp³-hybridized carbons (Fsp3) is 0.600. The molecule has 4 heteroatoms. The van der Waals surface area contributed by atoms with Crippen LogP contribution >= 0.6 is 11.6 Å². The number of nitrogens with one attached hydrogen (secondary N) is 1. The molecule has 1 fully saturated rings. The molecule has 1 N–H and O–H groups in total. The van der Waals surface area contributed by atoms with Crippen molar-refractivity contribution in [2.24, 2.45) is 5.41 Å². The van der Waals surface area contributed by atoms with Gasteiger partial charge in [-0.3, -0.25) is 0 Å². The highest BCUT2D eigenvalue weighted by atomic mass is 35.5. The standard InChI is InChI=1S/C15H21ClFNO/c1-4-15(3)13(9-14(15)19-5-2)18-10-6-7-12(17)11(16)8-10/h6-8,13-14,18H,4-5,9H2,1-3H3. The fourth-order valence-electron chi connectivity index (χ4n) is 2.76. The second-order valence-electron chi connectivity index (χ2n) is 5.36. The van der Waals surface area contributed by atoms with Gasteiger partial charge in [-0.15, -0.1) is 0 Å². The van der Waals surface area contributed by atoms with Crippen LogP contribution in [0.5, 0.6) is 0 Å². The molecule has 0 amide bonds. The van der Waals surface area contributed by atoms with Gasteiger partial charge in [0.2, 0.25) is 0 Å². The summed E-state index contributed by atoms with van der Waals surface area (Å²) in [5.74, 6) is -0.383. The molecule has 0 radical (unpaired) electrons. The van der Waals surface area contributed by atoms with Crippen LogP contribution in [0.4, 0.5) is 10.1 Å². The molecule has 3 atom stereocenters. The van der Waals surface area contributed by atoms with E-state index in [4.69, 9.17) is 16.3 Å². The third-order valence-electron chi connectivity index (χ3n) is 4.37. The predicted octanol–water partition coefficient (Wildman–Crippen LogP) is 4.48. The normalized spacial score (nSPS) is 29.9. The minimum Gasteiger partial charge on any atom is -0.382 e. The number of benzene rings is 1. The summed E-state index contributed by atoms with van der Waals surface area (Å²) in [6, 6.07) is 5.11. The molecular formula is C15H21ClFNO. The Balaban J connectivity index is 2.05. The first-order valence-corrected chi connectivity index (χ1v) is 7.22. The maximum Gasteiger partial charge on any atom is 0.141 e. The Kier molecular flexibility index (Phi) is 4.36. The zero-order valence-electron chi connectivity index (χ0n) is 11.7. The zero-order chi connectivity index (χ0) is 14.0. The van der Waals surface area contributed by atoms with E-state index in [1.165, 1.54) is 6.07 Å². The fourth-order valence-corrected chi connectivity index (χ4v) is 2.94. The number of hydrogen-bond acceptors (Lipinski definition) is 2. The number of hydrogen-bond donors (Lipinski definition) is 1. The van der Waals surface area contributed by atoms with E-state index in [9.17, 15) is 4.39 Å². The number of rotatable bonds is 5. The van der Waals surface area contributed by atoms with E-state index in [1.807, 2.05) is 6.92 Å². The van der Waals surface area contributed by atoms with Crippen molar-refractivity contribution in [2.75, 3.05) is 11.9 Å². The Bertz CT molecular complexity index is 454. The minimum atomic E-state index is -0.383. The van der Waals surface area contributed by atoms with Crippen LogP contribution in [0.25, 0.3) is 0 Å². The Morgan fingerprint density at radius 2 is 2.21 bits per heavy atom. The van der Waals surface area contributed by atoms with E-state index in [1.54, 1.807) is 12.1 Å². The van der Waals surface area contributed by atoms with Crippen molar-refractivity contribution in [3.63, 3.8) is 0 Å². The van der Waals surface area contributed by atoms with Crippen molar-refractivity contribution in [1.29, 1.82) is 0 Å². The Labute approximate surface area is 119 Å². The monoisotopic (exact) mass is 285 g/mol. The molecule has 1 aromatic rings. The van der Waals surface area contributed by atoms with Gasteiger partial charge in [0.15, 0.2) is 0 Å². The van der Waals surface area contributed by atoms with Gasteiger partial charge in [0.25, 0.3) is 0 Å². The van der Waals surface area contributed by atoms with Crippen molar-refractivity contribution in [3.8, 4) is 0 Å². The van der Waals surface area contributed by atoms with Gasteiger partial charge < -0.3 is 10.1 Å². The molecular weight excluding hydrogens is 265 g/mol. The first-order chi connectivity index (χ1) is 9.01. The second kappa shape index (κ2) is 5.68. The number of halogens is 2. The lowest BCUT2D eigenvalue weighted by atomic mass is 9.61. The van der Waals surface area contributed by atoms with Crippen LogP contribution in [0.15, 0.2) is 18.2 Å². The first-order valence-electron chi connectivity index (χ1n) is 6.84. The molecule has 0 aliphatic heterocycles. The van der Waals surface area contributed by atoms with E-state index >= 15 is 0 Å². The smallest absolute Gasteiger partial charge is 0.141 e. The van der Waals surface area contributed by atoms with Crippen LogP contribution in [-0.4, -0.2) is 18.8 Å². The van der Waals surface area contributed by atoms with Crippen molar-refractivity contribution in [1.82, 2.24) is 0 Å². The van der Waals surface area contributed by atoms with Crippen molar-refractivity contribution in [2.45, 2.75) is 45.8 Å². The predicted molar refractivity (Wildman–Crippen MR) is 77.2 cm³/mol. The first kappa shape index (κ1) is 14.6. The lowest BCUT2D eigenvalue weighted by Crippen LogP contribution is -2.59. The molecule has 0 aromatic heterocycles. The minimum absolute atomic E-state index is 0.122. The van der Waals surface area contributed by atoms with Crippen LogP contribution < -0.4 is 5.32 Å². The molecule has 0 bridgehead atoms. The molecule has 2 nitrogen and oxygen atoms in total. The van der Waals surface area contributed by atoms with E-state index in [-0.39, 0.29) is 16.3 Å². The SMILES string of the molecule is CCOC1CC(Nc2ccc(F)c(Cl)c2)C1(C)CC. The largest absolute Gasteiger partial charge is 0.382 e. The Morgan fingerprint density at radius 3 is 2.79 bits per heavy atom. The van der Waals surface area contributed by atoms with Gasteiger partial charge in [0, 0.05) is 23.8 Å². The molecule has 106 valence electrons. The van der Waals surface area contributed by atoms with E-state index in [2.05, 4.69) is 19.2 Å². The number of anilines is 1. The lowest BCUT2D eigenvalue weighted by molar-refractivity contribution is -0.109. The third kappa shape index (κ3) is 2.72. The summed E-state index contributed by atoms with van der Waals surface area (Å²) in [6.45, 7) is 7.18. The van der Waals surface area contributed by atoms with E-state index < -0.39 is 0 Å². The molecule has 0 spiro atoms. The van der Waals surface area contributed by atoms with Gasteiger partial charge in [-0.05, 0) is 38.0 Å². The molecule has 1 aliphatic rings.